The normalized spacial score (nSPS) is 4.88. The van der Waals surface area contributed by atoms with Crippen molar-refractivity contribution in [1.82, 2.24) is 0 Å². The molecule has 16 nitrogen and oxygen atoms in total. The topological polar surface area (TPSA) is 370 Å². The van der Waals surface area contributed by atoms with Gasteiger partial charge in [-0.05, 0) is 56.4 Å². The highest BCUT2D eigenvalue weighted by molar-refractivity contribution is 6.32. The average molecular weight is 504 g/mol. The van der Waals surface area contributed by atoms with Gasteiger partial charge >= 0.3 is 29.6 Å². The van der Waals surface area contributed by atoms with Crippen LogP contribution in [0.5, 0.6) is 0 Å². The monoisotopic (exact) mass is 504 g/mol. The fourth-order valence-corrected chi connectivity index (χ4v) is 0. The molecule has 208 valence electrons. The van der Waals surface area contributed by atoms with Crippen LogP contribution in [-0.4, -0.2) is 126 Å². The number of hydrogen-bond donors (Lipinski definition) is 16. The van der Waals surface area contributed by atoms with E-state index in [4.69, 9.17) is 40.2 Å². The van der Waals surface area contributed by atoms with Crippen LogP contribution in [0.15, 0.2) is 0 Å². The van der Waals surface area contributed by atoms with Crippen molar-refractivity contribution in [2.45, 2.75) is 0 Å². The third-order valence-electron chi connectivity index (χ3n) is 0. The number of rotatable bonds is 0. The van der Waals surface area contributed by atoms with E-state index in [1.54, 1.807) is 0 Å². The van der Waals surface area contributed by atoms with Gasteiger partial charge in [-0.25, -0.2) is 0 Å². The van der Waals surface area contributed by atoms with Crippen LogP contribution in [0, 0.1) is 0 Å². The molecule has 24 heteroatoms. The maximum absolute atomic E-state index is 10.1. The molecule has 0 heterocycles. The highest BCUT2D eigenvalue weighted by Crippen LogP contribution is 1.58. The van der Waals surface area contributed by atoms with E-state index in [-0.39, 0.29) is 0 Å². The Hall–Kier alpha value is -0.660. The molecule has 0 aliphatic carbocycles. The standard InChI is InChI=1S/8CH5N.4BFH2O2/c8*1-2;4*2-1(3)4/h8*2H2,1H3;4*3-4H. The minimum atomic E-state index is -2.67. The van der Waals surface area contributed by atoms with Crippen LogP contribution < -0.4 is 45.9 Å². The van der Waals surface area contributed by atoms with Crippen molar-refractivity contribution in [3.63, 3.8) is 0 Å². The molecule has 0 rings (SSSR count). The smallest absolute Gasteiger partial charge is 0.398 e. The summed E-state index contributed by atoms with van der Waals surface area (Å²) in [6.07, 6.45) is 0. The lowest BCUT2D eigenvalue weighted by Gasteiger charge is -1.65. The van der Waals surface area contributed by atoms with E-state index in [2.05, 4.69) is 45.9 Å². The molecule has 0 amide bonds. The van der Waals surface area contributed by atoms with Crippen molar-refractivity contribution in [2.75, 3.05) is 56.4 Å². The summed E-state index contributed by atoms with van der Waals surface area (Å²) in [5, 5.41) is 55.6. The zero-order valence-corrected chi connectivity index (χ0v) is 20.0. The van der Waals surface area contributed by atoms with Gasteiger partial charge in [0.1, 0.15) is 0 Å². The molecule has 0 fully saturated rings. The minimum Gasteiger partial charge on any atom is -0.398 e. The minimum absolute atomic E-state index is 1.50. The first-order valence-corrected chi connectivity index (χ1v) is 7.56. The second-order valence-electron chi connectivity index (χ2n) is 1.24. The van der Waals surface area contributed by atoms with E-state index in [1.807, 2.05) is 0 Å². The molecule has 24 N–H and O–H groups in total. The summed E-state index contributed by atoms with van der Waals surface area (Å²) in [7, 11) is 1.33. The van der Waals surface area contributed by atoms with Crippen LogP contribution in [-0.2, 0) is 0 Å². The first-order chi connectivity index (χ1) is 14.9. The van der Waals surface area contributed by atoms with Gasteiger partial charge in [-0.1, -0.05) is 0 Å². The molecule has 0 aliphatic rings. The third kappa shape index (κ3) is 54100. The number of nitrogens with two attached hydrogens (primary N) is 8. The Morgan fingerprint density at radius 1 is 0.281 bits per heavy atom. The Morgan fingerprint density at radius 2 is 0.281 bits per heavy atom. The number of hydrogen-bond acceptors (Lipinski definition) is 16. The van der Waals surface area contributed by atoms with Crippen molar-refractivity contribution < 1.29 is 57.5 Å². The summed E-state index contributed by atoms with van der Waals surface area (Å²) < 4.78 is 40.4. The predicted molar refractivity (Wildman–Crippen MR) is 126 cm³/mol. The van der Waals surface area contributed by atoms with Gasteiger partial charge in [-0.2, -0.15) is 0 Å². The quantitative estimate of drug-likeness (QED) is 0.108. The Labute approximate surface area is 190 Å². The first-order valence-electron chi connectivity index (χ1n) is 7.56. The van der Waals surface area contributed by atoms with E-state index >= 15 is 0 Å². The Kier molecular flexibility index (Phi) is 490. The maximum atomic E-state index is 10.1. The van der Waals surface area contributed by atoms with E-state index in [9.17, 15) is 17.3 Å². The van der Waals surface area contributed by atoms with E-state index in [0.717, 1.165) is 0 Å². The first kappa shape index (κ1) is 77.1. The Morgan fingerprint density at radius 3 is 0.281 bits per heavy atom. The molecule has 0 radical (unpaired) electrons. The van der Waals surface area contributed by atoms with Crippen LogP contribution in [0.4, 0.5) is 17.3 Å². The van der Waals surface area contributed by atoms with E-state index in [1.165, 1.54) is 56.4 Å². The fourth-order valence-electron chi connectivity index (χ4n) is 0. The summed E-state index contributed by atoms with van der Waals surface area (Å²) >= 11 is 0. The summed E-state index contributed by atoms with van der Waals surface area (Å²) in [6, 6.07) is 0. The molecule has 0 unspecified atom stereocenters. The van der Waals surface area contributed by atoms with Crippen molar-refractivity contribution in [1.29, 1.82) is 0 Å². The van der Waals surface area contributed by atoms with E-state index < -0.39 is 29.6 Å². The fraction of sp³-hybridized carbons (Fsp3) is 1.00. The predicted octanol–water partition coefficient (Wildman–Crippen LogP) is -7.70. The maximum Gasteiger partial charge on any atom is 0.674 e. The van der Waals surface area contributed by atoms with Crippen LogP contribution in [0.3, 0.4) is 0 Å². The molecule has 0 aromatic rings. The third-order valence-corrected chi connectivity index (χ3v) is 0. The highest BCUT2D eigenvalue weighted by atomic mass is 19.1. The molecule has 0 aromatic heterocycles. The molecule has 32 heavy (non-hydrogen) atoms. The molecule has 0 saturated carbocycles. The SMILES string of the molecule is CN.CN.CN.CN.CN.CN.CN.CN.OB(O)F.OB(O)F.OB(O)F.OB(O)F. The largest absolute Gasteiger partial charge is 0.674 e. The zero-order valence-electron chi connectivity index (χ0n) is 20.0. The average Bonchev–Trinajstić information content (AvgIpc) is 2.77. The second kappa shape index (κ2) is 203. The molecule has 0 saturated heterocycles. The van der Waals surface area contributed by atoms with Crippen molar-refractivity contribution >= 4 is 29.6 Å². The molecule has 0 aromatic carbocycles. The molecular formula is C8H48B4F4N8O8. The van der Waals surface area contributed by atoms with Crippen molar-refractivity contribution in [3.05, 3.63) is 0 Å². The highest BCUT2D eigenvalue weighted by Gasteiger charge is 1.98. The van der Waals surface area contributed by atoms with Gasteiger partial charge in [0.05, 0.1) is 0 Å². The second-order valence-corrected chi connectivity index (χ2v) is 1.24. The lowest BCUT2D eigenvalue weighted by Crippen LogP contribution is -1.98. The van der Waals surface area contributed by atoms with E-state index in [0.29, 0.717) is 0 Å². The van der Waals surface area contributed by atoms with Crippen LogP contribution >= 0.6 is 0 Å². The Bertz CT molecular complexity index is 115. The summed E-state index contributed by atoms with van der Waals surface area (Å²) in [5.41, 5.74) is 36.0. The lowest BCUT2D eigenvalue weighted by atomic mass is 10.3. The van der Waals surface area contributed by atoms with Crippen molar-refractivity contribution in [3.8, 4) is 0 Å². The summed E-state index contributed by atoms with van der Waals surface area (Å²) in [4.78, 5) is 0. The van der Waals surface area contributed by atoms with Crippen molar-refractivity contribution in [2.24, 2.45) is 45.9 Å². The van der Waals surface area contributed by atoms with Gasteiger partial charge in [-0.15, -0.1) is 0 Å². The van der Waals surface area contributed by atoms with Crippen LogP contribution in [0.25, 0.3) is 0 Å². The van der Waals surface area contributed by atoms with Gasteiger partial charge in [-0.3, -0.25) is 17.3 Å². The zero-order chi connectivity index (χ0) is 30.3. The van der Waals surface area contributed by atoms with Gasteiger partial charge < -0.3 is 86.1 Å². The molecule has 0 bridgehead atoms. The summed E-state index contributed by atoms with van der Waals surface area (Å²) in [5.74, 6) is 0. The van der Waals surface area contributed by atoms with Crippen LogP contribution in [0.1, 0.15) is 0 Å². The Balaban J connectivity index is -0.0000000139. The van der Waals surface area contributed by atoms with Gasteiger partial charge in [0.15, 0.2) is 0 Å². The van der Waals surface area contributed by atoms with Gasteiger partial charge in [0.2, 0.25) is 0 Å². The van der Waals surface area contributed by atoms with Gasteiger partial charge in [0, 0.05) is 0 Å². The summed E-state index contributed by atoms with van der Waals surface area (Å²) in [6.45, 7) is 0. The number of halogens is 4. The van der Waals surface area contributed by atoms with Crippen LogP contribution in [0.2, 0.25) is 0 Å². The molecule has 0 aliphatic heterocycles. The molecular weight excluding hydrogens is 455 g/mol. The molecule has 0 spiro atoms. The van der Waals surface area contributed by atoms with Gasteiger partial charge in [0.25, 0.3) is 0 Å². The molecule has 0 atom stereocenters. The lowest BCUT2D eigenvalue weighted by molar-refractivity contribution is 0.338.